The van der Waals surface area contributed by atoms with Crippen molar-refractivity contribution >= 4 is 0 Å². The second-order valence-electron chi connectivity index (χ2n) is 6.24. The van der Waals surface area contributed by atoms with Gasteiger partial charge in [0.1, 0.15) is 0 Å². The maximum atomic E-state index is 4.55. The molecule has 0 bridgehead atoms. The third-order valence-electron chi connectivity index (χ3n) is 4.82. The van der Waals surface area contributed by atoms with Crippen molar-refractivity contribution in [2.24, 2.45) is 7.05 Å². The second-order valence-corrected chi connectivity index (χ2v) is 6.24. The van der Waals surface area contributed by atoms with Gasteiger partial charge < -0.3 is 5.32 Å². The summed E-state index contributed by atoms with van der Waals surface area (Å²) in [6.45, 7) is 6.52. The van der Waals surface area contributed by atoms with Crippen molar-refractivity contribution in [3.63, 3.8) is 0 Å². The third-order valence-corrected chi connectivity index (χ3v) is 4.82. The zero-order valence-electron chi connectivity index (χ0n) is 13.5. The Morgan fingerprint density at radius 1 is 1.29 bits per heavy atom. The maximum absolute atomic E-state index is 4.55. The zero-order valence-corrected chi connectivity index (χ0v) is 13.5. The van der Waals surface area contributed by atoms with Crippen molar-refractivity contribution in [3.05, 3.63) is 52.3 Å². The van der Waals surface area contributed by atoms with Crippen molar-refractivity contribution in [2.75, 3.05) is 0 Å². The van der Waals surface area contributed by atoms with Crippen LogP contribution >= 0.6 is 0 Å². The average molecular weight is 283 g/mol. The SMILES string of the molecule is Cc1nn(C)c(C)c1C(C)NC1CCCc2ccccc21. The molecular weight excluding hydrogens is 258 g/mol. The molecular formula is C18H25N3. The minimum Gasteiger partial charge on any atom is -0.303 e. The number of benzene rings is 1. The Hall–Kier alpha value is -1.61. The minimum absolute atomic E-state index is 0.329. The highest BCUT2D eigenvalue weighted by Gasteiger charge is 2.24. The fraction of sp³-hybridized carbons (Fsp3) is 0.500. The summed E-state index contributed by atoms with van der Waals surface area (Å²) >= 11 is 0. The molecule has 112 valence electrons. The summed E-state index contributed by atoms with van der Waals surface area (Å²) in [7, 11) is 2.02. The van der Waals surface area contributed by atoms with Gasteiger partial charge in [-0.2, -0.15) is 5.10 Å². The number of aryl methyl sites for hydroxylation is 3. The fourth-order valence-corrected chi connectivity index (χ4v) is 3.73. The van der Waals surface area contributed by atoms with Gasteiger partial charge in [0, 0.05) is 30.4 Å². The molecule has 2 aromatic rings. The van der Waals surface area contributed by atoms with Gasteiger partial charge in [-0.25, -0.2) is 0 Å². The summed E-state index contributed by atoms with van der Waals surface area (Å²) < 4.78 is 1.98. The first-order valence-corrected chi connectivity index (χ1v) is 7.92. The lowest BCUT2D eigenvalue weighted by atomic mass is 9.87. The molecule has 3 nitrogen and oxygen atoms in total. The summed E-state index contributed by atoms with van der Waals surface area (Å²) in [4.78, 5) is 0. The van der Waals surface area contributed by atoms with Gasteiger partial charge in [-0.3, -0.25) is 4.68 Å². The minimum atomic E-state index is 0.329. The second kappa shape index (κ2) is 5.64. The van der Waals surface area contributed by atoms with Crippen LogP contribution in [0.3, 0.4) is 0 Å². The molecule has 21 heavy (non-hydrogen) atoms. The average Bonchev–Trinajstić information content (AvgIpc) is 2.72. The molecule has 0 spiro atoms. The van der Waals surface area contributed by atoms with Gasteiger partial charge in [-0.05, 0) is 51.2 Å². The molecule has 2 atom stereocenters. The van der Waals surface area contributed by atoms with E-state index in [0.29, 0.717) is 12.1 Å². The number of aromatic nitrogens is 2. The molecule has 1 N–H and O–H groups in total. The van der Waals surface area contributed by atoms with E-state index in [1.54, 1.807) is 0 Å². The molecule has 3 rings (SSSR count). The number of hydrogen-bond acceptors (Lipinski definition) is 2. The number of rotatable bonds is 3. The Labute approximate surface area is 127 Å². The number of hydrogen-bond donors (Lipinski definition) is 1. The summed E-state index contributed by atoms with van der Waals surface area (Å²) in [6.07, 6.45) is 3.71. The molecule has 1 aromatic heterocycles. The summed E-state index contributed by atoms with van der Waals surface area (Å²) in [6, 6.07) is 9.65. The maximum Gasteiger partial charge on any atom is 0.0644 e. The molecule has 2 unspecified atom stereocenters. The number of nitrogens with one attached hydrogen (secondary N) is 1. The van der Waals surface area contributed by atoms with E-state index in [-0.39, 0.29) is 0 Å². The Morgan fingerprint density at radius 2 is 2.05 bits per heavy atom. The van der Waals surface area contributed by atoms with Gasteiger partial charge >= 0.3 is 0 Å². The van der Waals surface area contributed by atoms with Crippen molar-refractivity contribution in [1.29, 1.82) is 0 Å². The van der Waals surface area contributed by atoms with E-state index in [1.165, 1.54) is 41.6 Å². The van der Waals surface area contributed by atoms with Gasteiger partial charge in [0.2, 0.25) is 0 Å². The van der Waals surface area contributed by atoms with Crippen LogP contribution in [-0.4, -0.2) is 9.78 Å². The third kappa shape index (κ3) is 2.62. The molecule has 0 saturated carbocycles. The first kappa shape index (κ1) is 14.3. The van der Waals surface area contributed by atoms with Crippen LogP contribution in [0.4, 0.5) is 0 Å². The van der Waals surface area contributed by atoms with Crippen molar-refractivity contribution < 1.29 is 0 Å². The smallest absolute Gasteiger partial charge is 0.0644 e. The van der Waals surface area contributed by atoms with Gasteiger partial charge in [0.15, 0.2) is 0 Å². The first-order chi connectivity index (χ1) is 10.1. The molecule has 1 aromatic carbocycles. The molecule has 0 fully saturated rings. The van der Waals surface area contributed by atoms with Gasteiger partial charge in [-0.1, -0.05) is 24.3 Å². The van der Waals surface area contributed by atoms with Crippen molar-refractivity contribution in [3.8, 4) is 0 Å². The topological polar surface area (TPSA) is 29.9 Å². The number of nitrogens with zero attached hydrogens (tertiary/aromatic N) is 2. The highest BCUT2D eigenvalue weighted by atomic mass is 15.3. The monoisotopic (exact) mass is 283 g/mol. The van der Waals surface area contributed by atoms with E-state index in [4.69, 9.17) is 0 Å². The van der Waals surface area contributed by atoms with Crippen LogP contribution in [0.1, 0.15) is 59.9 Å². The van der Waals surface area contributed by atoms with E-state index in [9.17, 15) is 0 Å². The normalized spacial score (nSPS) is 19.3. The predicted octanol–water partition coefficient (Wildman–Crippen LogP) is 3.77. The highest BCUT2D eigenvalue weighted by molar-refractivity contribution is 5.33. The van der Waals surface area contributed by atoms with E-state index < -0.39 is 0 Å². The highest BCUT2D eigenvalue weighted by Crippen LogP contribution is 2.32. The fourth-order valence-electron chi connectivity index (χ4n) is 3.73. The predicted molar refractivity (Wildman–Crippen MR) is 86.4 cm³/mol. The molecule has 0 saturated heterocycles. The van der Waals surface area contributed by atoms with Crippen molar-refractivity contribution in [1.82, 2.24) is 15.1 Å². The lowest BCUT2D eigenvalue weighted by molar-refractivity contribution is 0.414. The molecule has 0 radical (unpaired) electrons. The molecule has 0 amide bonds. The van der Waals surface area contributed by atoms with E-state index in [1.807, 2.05) is 11.7 Å². The Balaban J connectivity index is 1.84. The van der Waals surface area contributed by atoms with E-state index >= 15 is 0 Å². The van der Waals surface area contributed by atoms with Crippen LogP contribution in [0, 0.1) is 13.8 Å². The van der Waals surface area contributed by atoms with Crippen LogP contribution in [-0.2, 0) is 13.5 Å². The zero-order chi connectivity index (χ0) is 15.0. The summed E-state index contributed by atoms with van der Waals surface area (Å²) in [5.74, 6) is 0. The lowest BCUT2D eigenvalue weighted by Crippen LogP contribution is -2.28. The van der Waals surface area contributed by atoms with Crippen LogP contribution in [0.15, 0.2) is 24.3 Å². The van der Waals surface area contributed by atoms with E-state index in [2.05, 4.69) is 55.5 Å². The molecule has 1 heterocycles. The number of fused-ring (bicyclic) bond motifs is 1. The molecule has 1 aliphatic carbocycles. The summed E-state index contributed by atoms with van der Waals surface area (Å²) in [5.41, 5.74) is 6.74. The quantitative estimate of drug-likeness (QED) is 0.929. The van der Waals surface area contributed by atoms with Crippen LogP contribution in [0.25, 0.3) is 0 Å². The van der Waals surface area contributed by atoms with Crippen LogP contribution in [0.5, 0.6) is 0 Å². The van der Waals surface area contributed by atoms with Gasteiger partial charge in [-0.15, -0.1) is 0 Å². The van der Waals surface area contributed by atoms with Crippen molar-refractivity contribution in [2.45, 2.75) is 52.1 Å². The lowest BCUT2D eigenvalue weighted by Gasteiger charge is -2.29. The Bertz CT molecular complexity index is 642. The Morgan fingerprint density at radius 3 is 2.76 bits per heavy atom. The van der Waals surface area contributed by atoms with E-state index in [0.717, 1.165) is 5.69 Å². The summed E-state index contributed by atoms with van der Waals surface area (Å²) in [5, 5.41) is 8.38. The van der Waals surface area contributed by atoms with Crippen LogP contribution in [0.2, 0.25) is 0 Å². The standard InChI is InChI=1S/C18H25N3/c1-12(18-13(2)20-21(4)14(18)3)19-17-11-7-9-15-8-5-6-10-16(15)17/h5-6,8,10,12,17,19H,7,9,11H2,1-4H3. The molecule has 1 aliphatic rings. The van der Waals surface area contributed by atoms with Crippen LogP contribution < -0.4 is 5.32 Å². The largest absolute Gasteiger partial charge is 0.303 e. The van der Waals surface area contributed by atoms with Gasteiger partial charge in [0.05, 0.1) is 5.69 Å². The Kier molecular flexibility index (Phi) is 3.85. The molecule has 0 aliphatic heterocycles. The van der Waals surface area contributed by atoms with Gasteiger partial charge in [0.25, 0.3) is 0 Å². The first-order valence-electron chi connectivity index (χ1n) is 7.92. The molecule has 3 heteroatoms.